The van der Waals surface area contributed by atoms with Gasteiger partial charge in [-0.1, -0.05) is 0 Å². The molecule has 26 heavy (non-hydrogen) atoms. The topological polar surface area (TPSA) is 73.0 Å². The molecule has 2 aromatic rings. The Morgan fingerprint density at radius 3 is 2.38 bits per heavy atom. The van der Waals surface area contributed by atoms with Crippen molar-refractivity contribution in [2.24, 2.45) is 4.99 Å². The molecule has 1 radical (unpaired) electrons. The van der Waals surface area contributed by atoms with Gasteiger partial charge in [0.2, 0.25) is 5.78 Å². The van der Waals surface area contributed by atoms with Crippen molar-refractivity contribution in [2.75, 3.05) is 0 Å². The number of carbonyl (C=O) groups excluding carboxylic acids is 1. The molecular weight excluding hydrogens is 319 g/mol. The molecule has 0 aromatic carbocycles. The second-order valence-corrected chi connectivity index (χ2v) is 6.11. The molecule has 5 heterocycles. The second-order valence-electron chi connectivity index (χ2n) is 6.11. The van der Waals surface area contributed by atoms with Crippen LogP contribution in [0.5, 0.6) is 0 Å². The fourth-order valence-corrected chi connectivity index (χ4v) is 3.05. The number of fused-ring (bicyclic) bond motifs is 7. The summed E-state index contributed by atoms with van der Waals surface area (Å²) in [5.41, 5.74) is 4.88. The molecule has 3 aliphatic rings. The minimum atomic E-state index is -0.0453. The number of aliphatic imine (C=N–C) groups is 1. The SMILES string of the molecule is O=C1C=C2C=c3ccc([nH]3)=Cc3ccc([nH]3)C=C3C=CC(=N3)C=C1N2.[Li]. The Hall–Kier alpha value is -3.00. The van der Waals surface area contributed by atoms with Crippen molar-refractivity contribution in [3.8, 4) is 0 Å². The summed E-state index contributed by atoms with van der Waals surface area (Å²) >= 11 is 0. The minimum absolute atomic E-state index is 0. The van der Waals surface area contributed by atoms with Crippen LogP contribution in [0, 0.1) is 0 Å². The number of nitrogens with one attached hydrogen (secondary N) is 3. The number of ketones is 1. The molecule has 0 spiro atoms. The number of nitrogens with zero attached hydrogens (tertiary/aromatic N) is 1. The Morgan fingerprint density at radius 1 is 0.769 bits per heavy atom. The van der Waals surface area contributed by atoms with Gasteiger partial charge < -0.3 is 15.3 Å². The van der Waals surface area contributed by atoms with Gasteiger partial charge >= 0.3 is 0 Å². The van der Waals surface area contributed by atoms with Crippen LogP contribution in [0.3, 0.4) is 0 Å². The number of aromatic nitrogens is 2. The van der Waals surface area contributed by atoms with E-state index in [1.54, 1.807) is 12.2 Å². The molecule has 0 unspecified atom stereocenters. The van der Waals surface area contributed by atoms with Crippen LogP contribution in [-0.2, 0) is 4.79 Å². The zero-order chi connectivity index (χ0) is 16.8. The van der Waals surface area contributed by atoms with Crippen molar-refractivity contribution in [1.29, 1.82) is 0 Å². The Labute approximate surface area is 161 Å². The largest absolute Gasteiger partial charge is 0.355 e. The first-order valence-corrected chi connectivity index (χ1v) is 8.02. The van der Waals surface area contributed by atoms with Gasteiger partial charge in [-0.2, -0.15) is 0 Å². The van der Waals surface area contributed by atoms with Crippen LogP contribution in [-0.4, -0.2) is 40.3 Å². The predicted octanol–water partition coefficient (Wildman–Crippen LogP) is 0.877. The van der Waals surface area contributed by atoms with E-state index < -0.39 is 0 Å². The quantitative estimate of drug-likeness (QED) is 0.626. The maximum Gasteiger partial charge on any atom is 0.204 e. The van der Waals surface area contributed by atoms with E-state index in [0.29, 0.717) is 5.70 Å². The third-order valence-corrected chi connectivity index (χ3v) is 4.19. The number of allylic oxidation sites excluding steroid dienone is 5. The Balaban J connectivity index is 0.00000168. The van der Waals surface area contributed by atoms with Crippen molar-refractivity contribution < 1.29 is 4.79 Å². The summed E-state index contributed by atoms with van der Waals surface area (Å²) < 4.78 is 0. The summed E-state index contributed by atoms with van der Waals surface area (Å²) in [5.74, 6) is -0.0453. The van der Waals surface area contributed by atoms with Gasteiger partial charge in [-0.25, -0.2) is 4.99 Å². The van der Waals surface area contributed by atoms with E-state index in [-0.39, 0.29) is 24.6 Å². The maximum atomic E-state index is 12.2. The number of hydrogen-bond acceptors (Lipinski definition) is 3. The van der Waals surface area contributed by atoms with Crippen LogP contribution >= 0.6 is 0 Å². The average Bonchev–Trinajstić information content (AvgIpc) is 3.33. The van der Waals surface area contributed by atoms with Crippen LogP contribution in [0.1, 0.15) is 11.4 Å². The average molecular weight is 333 g/mol. The van der Waals surface area contributed by atoms with Crippen LogP contribution in [0.4, 0.5) is 0 Å². The molecule has 6 heteroatoms. The van der Waals surface area contributed by atoms with E-state index in [9.17, 15) is 4.79 Å². The first-order chi connectivity index (χ1) is 12.2. The summed E-state index contributed by atoms with van der Waals surface area (Å²) in [5, 5.41) is 5.07. The van der Waals surface area contributed by atoms with Crippen LogP contribution < -0.4 is 16.0 Å². The second kappa shape index (κ2) is 6.38. The van der Waals surface area contributed by atoms with Crippen LogP contribution in [0.25, 0.3) is 18.2 Å². The Bertz CT molecular complexity index is 1180. The minimum Gasteiger partial charge on any atom is -0.355 e. The summed E-state index contributed by atoms with van der Waals surface area (Å²) in [6, 6.07) is 8.04. The summed E-state index contributed by atoms with van der Waals surface area (Å²) in [7, 11) is 0. The molecule has 0 fully saturated rings. The maximum absolute atomic E-state index is 12.2. The number of rotatable bonds is 0. The third-order valence-electron chi connectivity index (χ3n) is 4.19. The van der Waals surface area contributed by atoms with Crippen LogP contribution in [0.15, 0.2) is 70.7 Å². The summed E-state index contributed by atoms with van der Waals surface area (Å²) in [6.45, 7) is 0. The fraction of sp³-hybridized carbons (Fsp3) is 0. The van der Waals surface area contributed by atoms with Crippen LogP contribution in [0.2, 0.25) is 0 Å². The van der Waals surface area contributed by atoms with Gasteiger partial charge in [-0.05, 0) is 60.7 Å². The predicted molar refractivity (Wildman–Crippen MR) is 103 cm³/mol. The molecule has 5 rings (SSSR count). The standard InChI is InChI=1S/C20H14N4O.Li/c25-20-11-18-9-16-4-3-14(22-16)7-12-1-2-13(21-12)8-15-5-6-17(23-15)10-19(20)24-18;/h1-11,21-22,24H;. The number of aromatic amines is 2. The Morgan fingerprint density at radius 2 is 1.54 bits per heavy atom. The zero-order valence-corrected chi connectivity index (χ0v) is 14.2. The monoisotopic (exact) mass is 333 g/mol. The molecule has 0 atom stereocenters. The Kier molecular flexibility index (Phi) is 4.04. The van der Waals surface area contributed by atoms with Gasteiger partial charge in [0.15, 0.2) is 0 Å². The molecule has 0 saturated heterocycles. The molecule has 0 amide bonds. The van der Waals surface area contributed by atoms with Crippen molar-refractivity contribution in [3.63, 3.8) is 0 Å². The van der Waals surface area contributed by atoms with E-state index in [0.717, 1.165) is 39.2 Å². The van der Waals surface area contributed by atoms with Gasteiger partial charge in [0.05, 0.1) is 17.1 Å². The van der Waals surface area contributed by atoms with Crippen molar-refractivity contribution in [3.05, 3.63) is 87.7 Å². The zero-order valence-electron chi connectivity index (χ0n) is 14.2. The van der Waals surface area contributed by atoms with E-state index in [1.165, 1.54) is 0 Å². The van der Waals surface area contributed by atoms with Crippen molar-refractivity contribution in [1.82, 2.24) is 15.3 Å². The molecule has 0 saturated carbocycles. The fourth-order valence-electron chi connectivity index (χ4n) is 3.05. The molecule has 2 aromatic heterocycles. The molecular formula is C20H14LiN4O. The third kappa shape index (κ3) is 3.11. The molecule has 3 aliphatic heterocycles. The summed E-state index contributed by atoms with van der Waals surface area (Å²) in [6.07, 6.45) is 13.1. The normalized spacial score (nSPS) is 17.2. The molecule has 5 nitrogen and oxygen atoms in total. The summed E-state index contributed by atoms with van der Waals surface area (Å²) in [4.78, 5) is 23.4. The van der Waals surface area contributed by atoms with Gasteiger partial charge in [0, 0.05) is 52.7 Å². The number of hydrogen-bond donors (Lipinski definition) is 3. The van der Waals surface area contributed by atoms with Gasteiger partial charge in [0.25, 0.3) is 0 Å². The first kappa shape index (κ1) is 16.5. The molecule has 121 valence electrons. The van der Waals surface area contributed by atoms with E-state index in [1.807, 2.05) is 54.6 Å². The van der Waals surface area contributed by atoms with Gasteiger partial charge in [0.1, 0.15) is 0 Å². The first-order valence-electron chi connectivity index (χ1n) is 8.02. The van der Waals surface area contributed by atoms with Crippen molar-refractivity contribution in [2.45, 2.75) is 0 Å². The van der Waals surface area contributed by atoms with E-state index >= 15 is 0 Å². The van der Waals surface area contributed by atoms with Gasteiger partial charge in [-0.3, -0.25) is 4.79 Å². The molecule has 3 N–H and O–H groups in total. The van der Waals surface area contributed by atoms with E-state index in [4.69, 9.17) is 0 Å². The van der Waals surface area contributed by atoms with E-state index in [2.05, 4.69) is 20.3 Å². The van der Waals surface area contributed by atoms with Gasteiger partial charge in [-0.15, -0.1) is 0 Å². The van der Waals surface area contributed by atoms with Crippen molar-refractivity contribution >= 4 is 48.6 Å². The molecule has 0 aliphatic carbocycles. The smallest absolute Gasteiger partial charge is 0.204 e. The number of H-pyrrole nitrogens is 2. The molecule has 8 bridgehead atoms. The number of carbonyl (C=O) groups is 1.